The van der Waals surface area contributed by atoms with Gasteiger partial charge in [0.05, 0.1) is 6.33 Å². The first-order valence-corrected chi connectivity index (χ1v) is 3.70. The summed E-state index contributed by atoms with van der Waals surface area (Å²) in [5.74, 6) is 0. The fraction of sp³-hybridized carbons (Fsp3) is 0.286. The molecule has 0 amide bonds. The number of hydrogen-bond donors (Lipinski definition) is 1. The third-order valence-electron chi connectivity index (χ3n) is 1.68. The van der Waals surface area contributed by atoms with E-state index < -0.39 is 0 Å². The summed E-state index contributed by atoms with van der Waals surface area (Å²) in [6, 6.07) is 0. The van der Waals surface area contributed by atoms with E-state index in [0.717, 1.165) is 0 Å². The molecule has 2 rings (SSSR count). The highest BCUT2D eigenvalue weighted by atomic mass is 16.5. The second-order valence-electron chi connectivity index (χ2n) is 2.54. The van der Waals surface area contributed by atoms with E-state index in [-0.39, 0.29) is 12.3 Å². The smallest absolute Gasteiger partial charge is 0.281 e. The summed E-state index contributed by atoms with van der Waals surface area (Å²) in [5.41, 5.74) is 0.654. The van der Waals surface area contributed by atoms with Crippen molar-refractivity contribution in [2.45, 2.75) is 6.73 Å². The molecule has 68 valence electrons. The van der Waals surface area contributed by atoms with Gasteiger partial charge in [0.15, 0.2) is 11.2 Å². The van der Waals surface area contributed by atoms with Gasteiger partial charge in [-0.2, -0.15) is 0 Å². The van der Waals surface area contributed by atoms with Crippen LogP contribution < -0.4 is 5.56 Å². The lowest BCUT2D eigenvalue weighted by molar-refractivity contribution is 0.127. The Kier molecular flexibility index (Phi) is 1.82. The highest BCUT2D eigenvalue weighted by Crippen LogP contribution is 1.97. The molecule has 0 saturated heterocycles. The van der Waals surface area contributed by atoms with Gasteiger partial charge in [0, 0.05) is 7.11 Å². The molecule has 0 atom stereocenters. The number of rotatable bonds is 2. The molecule has 13 heavy (non-hydrogen) atoms. The van der Waals surface area contributed by atoms with Gasteiger partial charge in [-0.15, -0.1) is 0 Å². The summed E-state index contributed by atoms with van der Waals surface area (Å²) in [6.45, 7) is 0.195. The van der Waals surface area contributed by atoms with Crippen molar-refractivity contribution in [2.75, 3.05) is 7.11 Å². The first-order chi connectivity index (χ1) is 6.33. The van der Waals surface area contributed by atoms with Crippen LogP contribution in [0.5, 0.6) is 0 Å². The highest BCUT2D eigenvalue weighted by molar-refractivity contribution is 5.67. The molecule has 0 aliphatic rings. The second kappa shape index (κ2) is 2.98. The van der Waals surface area contributed by atoms with Gasteiger partial charge in [-0.25, -0.2) is 9.97 Å². The molecule has 6 nitrogen and oxygen atoms in total. The van der Waals surface area contributed by atoms with Crippen LogP contribution in [-0.4, -0.2) is 26.6 Å². The molecular weight excluding hydrogens is 172 g/mol. The van der Waals surface area contributed by atoms with Crippen LogP contribution >= 0.6 is 0 Å². The minimum atomic E-state index is -0.177. The van der Waals surface area contributed by atoms with Crippen molar-refractivity contribution in [3.63, 3.8) is 0 Å². The van der Waals surface area contributed by atoms with E-state index in [4.69, 9.17) is 4.74 Å². The average Bonchev–Trinajstić information content (AvgIpc) is 2.58. The van der Waals surface area contributed by atoms with Crippen molar-refractivity contribution in [2.24, 2.45) is 0 Å². The lowest BCUT2D eigenvalue weighted by atomic mass is 10.5. The standard InChI is InChI=1S/C7H8N4O2/c1-13-4-11-3-10-6-5(7(11)12)8-2-9-6/h2-3H,4H2,1H3,(H,8,9). The van der Waals surface area contributed by atoms with Crippen molar-refractivity contribution < 1.29 is 4.74 Å². The van der Waals surface area contributed by atoms with E-state index in [1.165, 1.54) is 24.3 Å². The third-order valence-corrected chi connectivity index (χ3v) is 1.68. The lowest BCUT2D eigenvalue weighted by Gasteiger charge is -2.01. The van der Waals surface area contributed by atoms with Gasteiger partial charge < -0.3 is 9.72 Å². The molecule has 6 heteroatoms. The molecule has 2 heterocycles. The van der Waals surface area contributed by atoms with Crippen LogP contribution in [0, 0.1) is 0 Å². The summed E-state index contributed by atoms with van der Waals surface area (Å²) >= 11 is 0. The van der Waals surface area contributed by atoms with Crippen LogP contribution in [0.15, 0.2) is 17.4 Å². The Morgan fingerprint density at radius 1 is 1.62 bits per heavy atom. The maximum absolute atomic E-state index is 11.6. The predicted octanol–water partition coefficient (Wildman–Crippen LogP) is -0.276. The Morgan fingerprint density at radius 3 is 3.23 bits per heavy atom. The second-order valence-corrected chi connectivity index (χ2v) is 2.54. The first-order valence-electron chi connectivity index (χ1n) is 3.70. The number of imidazole rings is 1. The Labute approximate surface area is 73.2 Å². The average molecular weight is 180 g/mol. The van der Waals surface area contributed by atoms with Gasteiger partial charge in [-0.05, 0) is 0 Å². The zero-order chi connectivity index (χ0) is 9.26. The molecule has 0 bridgehead atoms. The number of methoxy groups -OCH3 is 1. The minimum Gasteiger partial charge on any atom is -0.364 e. The van der Waals surface area contributed by atoms with E-state index in [2.05, 4.69) is 15.0 Å². The fourth-order valence-corrected chi connectivity index (χ4v) is 1.09. The van der Waals surface area contributed by atoms with Gasteiger partial charge in [0.2, 0.25) is 0 Å². The lowest BCUT2D eigenvalue weighted by Crippen LogP contribution is -2.21. The number of ether oxygens (including phenoxy) is 1. The van der Waals surface area contributed by atoms with E-state index in [1.54, 1.807) is 0 Å². The number of fused-ring (bicyclic) bond motifs is 1. The Hall–Kier alpha value is -1.69. The minimum absolute atomic E-state index is 0.177. The molecule has 0 aliphatic heterocycles. The molecule has 2 aromatic heterocycles. The quantitative estimate of drug-likeness (QED) is 0.690. The molecule has 2 aromatic rings. The monoisotopic (exact) mass is 180 g/mol. The number of hydrogen-bond acceptors (Lipinski definition) is 4. The normalized spacial score (nSPS) is 10.8. The number of nitrogens with one attached hydrogen (secondary N) is 1. The maximum Gasteiger partial charge on any atom is 0.281 e. The summed E-state index contributed by atoms with van der Waals surface area (Å²) in [4.78, 5) is 22.1. The molecule has 0 radical (unpaired) electrons. The maximum atomic E-state index is 11.6. The highest BCUT2D eigenvalue weighted by Gasteiger charge is 2.04. The van der Waals surface area contributed by atoms with Gasteiger partial charge in [0.25, 0.3) is 5.56 Å². The van der Waals surface area contributed by atoms with Gasteiger partial charge in [0.1, 0.15) is 13.1 Å². The predicted molar refractivity (Wildman–Crippen MR) is 45.2 cm³/mol. The van der Waals surface area contributed by atoms with E-state index in [1.807, 2.05) is 0 Å². The van der Waals surface area contributed by atoms with Gasteiger partial charge in [-0.1, -0.05) is 0 Å². The van der Waals surface area contributed by atoms with Crippen LogP contribution in [0.2, 0.25) is 0 Å². The topological polar surface area (TPSA) is 72.8 Å². The largest absolute Gasteiger partial charge is 0.364 e. The summed E-state index contributed by atoms with van der Waals surface area (Å²) in [6.07, 6.45) is 2.85. The van der Waals surface area contributed by atoms with Crippen LogP contribution in [-0.2, 0) is 11.5 Å². The molecule has 0 aliphatic carbocycles. The van der Waals surface area contributed by atoms with E-state index in [0.29, 0.717) is 11.2 Å². The van der Waals surface area contributed by atoms with Crippen LogP contribution in [0.3, 0.4) is 0 Å². The number of aromatic nitrogens is 4. The van der Waals surface area contributed by atoms with Crippen LogP contribution in [0.25, 0.3) is 11.2 Å². The Bertz CT molecular complexity index is 473. The number of aromatic amines is 1. The molecule has 0 unspecified atom stereocenters. The SMILES string of the molecule is COCn1cnc2nc[nH]c2c1=O. The van der Waals surface area contributed by atoms with Crippen molar-refractivity contribution in [3.05, 3.63) is 23.0 Å². The van der Waals surface area contributed by atoms with Crippen LogP contribution in [0.1, 0.15) is 0 Å². The number of H-pyrrole nitrogens is 1. The molecule has 0 aromatic carbocycles. The van der Waals surface area contributed by atoms with E-state index in [9.17, 15) is 4.79 Å². The van der Waals surface area contributed by atoms with Crippen molar-refractivity contribution in [3.8, 4) is 0 Å². The summed E-state index contributed by atoms with van der Waals surface area (Å²) in [5, 5.41) is 0. The molecule has 0 fully saturated rings. The third kappa shape index (κ3) is 1.20. The summed E-state index contributed by atoms with van der Waals surface area (Å²) < 4.78 is 6.18. The van der Waals surface area contributed by atoms with Crippen LogP contribution in [0.4, 0.5) is 0 Å². The molecule has 0 spiro atoms. The zero-order valence-corrected chi connectivity index (χ0v) is 7.02. The number of nitrogens with zero attached hydrogens (tertiary/aromatic N) is 3. The van der Waals surface area contributed by atoms with Crippen molar-refractivity contribution >= 4 is 11.2 Å². The summed E-state index contributed by atoms with van der Waals surface area (Å²) in [7, 11) is 1.52. The molecular formula is C7H8N4O2. The molecule has 1 N–H and O–H groups in total. The van der Waals surface area contributed by atoms with Crippen molar-refractivity contribution in [1.29, 1.82) is 0 Å². The van der Waals surface area contributed by atoms with Gasteiger partial charge in [-0.3, -0.25) is 9.36 Å². The Balaban J connectivity index is 2.67. The first kappa shape index (κ1) is 7.93. The Morgan fingerprint density at radius 2 is 2.46 bits per heavy atom. The molecule has 0 saturated carbocycles. The van der Waals surface area contributed by atoms with Gasteiger partial charge >= 0.3 is 0 Å². The van der Waals surface area contributed by atoms with Crippen molar-refractivity contribution in [1.82, 2.24) is 19.5 Å². The fourth-order valence-electron chi connectivity index (χ4n) is 1.09. The zero-order valence-electron chi connectivity index (χ0n) is 7.02. The van der Waals surface area contributed by atoms with E-state index >= 15 is 0 Å².